The van der Waals surface area contributed by atoms with E-state index in [1.54, 1.807) is 7.11 Å². The van der Waals surface area contributed by atoms with E-state index in [9.17, 15) is 9.59 Å². The SMILES string of the molecule is CCCCCCCCCCCCCCCC(=O)OC(CCCCCCCCCCCCCCC(=O)O)COC. The van der Waals surface area contributed by atoms with Gasteiger partial charge in [-0.2, -0.15) is 0 Å². The Hall–Kier alpha value is -1.10. The van der Waals surface area contributed by atoms with Gasteiger partial charge in [0.05, 0.1) is 6.61 Å². The van der Waals surface area contributed by atoms with E-state index in [0.29, 0.717) is 19.4 Å². The van der Waals surface area contributed by atoms with Crippen LogP contribution in [0.1, 0.15) is 187 Å². The average Bonchev–Trinajstić information content (AvgIpc) is 2.91. The van der Waals surface area contributed by atoms with Crippen LogP contribution in [0.4, 0.5) is 0 Å². The average molecular weight is 555 g/mol. The molecule has 0 aromatic carbocycles. The fraction of sp³-hybridized carbons (Fsp3) is 0.941. The van der Waals surface area contributed by atoms with Gasteiger partial charge in [-0.25, -0.2) is 0 Å². The molecule has 0 rings (SSSR count). The van der Waals surface area contributed by atoms with E-state index in [-0.39, 0.29) is 12.1 Å². The van der Waals surface area contributed by atoms with Gasteiger partial charge in [-0.05, 0) is 25.7 Å². The van der Waals surface area contributed by atoms with Crippen LogP contribution < -0.4 is 0 Å². The van der Waals surface area contributed by atoms with Crippen LogP contribution in [0.5, 0.6) is 0 Å². The molecular formula is C34H66O5. The van der Waals surface area contributed by atoms with Crippen molar-refractivity contribution in [3.8, 4) is 0 Å². The van der Waals surface area contributed by atoms with Crippen molar-refractivity contribution >= 4 is 11.9 Å². The number of ether oxygens (including phenoxy) is 2. The summed E-state index contributed by atoms with van der Waals surface area (Å²) < 4.78 is 11.0. The molecule has 5 heteroatoms. The van der Waals surface area contributed by atoms with Crippen LogP contribution in [0.25, 0.3) is 0 Å². The number of esters is 1. The monoisotopic (exact) mass is 554 g/mol. The number of rotatable bonds is 32. The molecule has 0 fully saturated rings. The third kappa shape index (κ3) is 31.3. The molecule has 0 amide bonds. The second-order valence-electron chi connectivity index (χ2n) is 11.7. The number of hydrogen-bond donors (Lipinski definition) is 1. The zero-order chi connectivity index (χ0) is 28.7. The molecule has 1 unspecified atom stereocenters. The second-order valence-corrected chi connectivity index (χ2v) is 11.7. The maximum absolute atomic E-state index is 12.3. The molecule has 0 heterocycles. The topological polar surface area (TPSA) is 72.8 Å². The van der Waals surface area contributed by atoms with Gasteiger partial charge in [0, 0.05) is 20.0 Å². The number of hydrogen-bond acceptors (Lipinski definition) is 4. The molecule has 1 atom stereocenters. The molecule has 0 aliphatic heterocycles. The molecule has 39 heavy (non-hydrogen) atoms. The number of unbranched alkanes of at least 4 members (excludes halogenated alkanes) is 23. The summed E-state index contributed by atoms with van der Waals surface area (Å²) in [6.45, 7) is 2.77. The van der Waals surface area contributed by atoms with Crippen LogP contribution in [0, 0.1) is 0 Å². The van der Waals surface area contributed by atoms with Crippen molar-refractivity contribution in [2.45, 2.75) is 193 Å². The molecule has 0 aromatic heterocycles. The normalized spacial score (nSPS) is 12.1. The standard InChI is InChI=1S/C34H66O5/c1-3-4-5-6-7-8-9-10-15-18-21-24-27-30-34(37)39-32(31-38-2)28-25-22-19-16-13-11-12-14-17-20-23-26-29-33(35)36/h32H,3-31H2,1-2H3,(H,35,36). The first-order valence-corrected chi connectivity index (χ1v) is 17.0. The maximum Gasteiger partial charge on any atom is 0.306 e. The van der Waals surface area contributed by atoms with Gasteiger partial charge in [-0.15, -0.1) is 0 Å². The zero-order valence-corrected chi connectivity index (χ0v) is 26.2. The van der Waals surface area contributed by atoms with Crippen molar-refractivity contribution in [2.24, 2.45) is 0 Å². The summed E-state index contributed by atoms with van der Waals surface area (Å²) in [5, 5.41) is 8.64. The van der Waals surface area contributed by atoms with Gasteiger partial charge < -0.3 is 14.6 Å². The molecule has 0 saturated heterocycles. The van der Waals surface area contributed by atoms with Crippen molar-refractivity contribution in [3.63, 3.8) is 0 Å². The summed E-state index contributed by atoms with van der Waals surface area (Å²) in [5.74, 6) is -0.729. The highest BCUT2D eigenvalue weighted by atomic mass is 16.6. The predicted molar refractivity (Wildman–Crippen MR) is 164 cm³/mol. The highest BCUT2D eigenvalue weighted by Gasteiger charge is 2.14. The minimum Gasteiger partial charge on any atom is -0.481 e. The summed E-state index contributed by atoms with van der Waals surface area (Å²) in [6.07, 6.45) is 33.0. The highest BCUT2D eigenvalue weighted by Crippen LogP contribution is 2.16. The van der Waals surface area contributed by atoms with Gasteiger partial charge in [0.25, 0.3) is 0 Å². The number of aliphatic carboxylic acids is 1. The molecule has 0 bridgehead atoms. The number of carboxylic acids is 1. The van der Waals surface area contributed by atoms with E-state index in [2.05, 4.69) is 6.92 Å². The van der Waals surface area contributed by atoms with Crippen molar-refractivity contribution in [2.75, 3.05) is 13.7 Å². The first kappa shape index (κ1) is 37.9. The minimum absolute atomic E-state index is 0.0537. The molecule has 0 saturated carbocycles. The van der Waals surface area contributed by atoms with Gasteiger partial charge in [0.2, 0.25) is 0 Å². The molecule has 5 nitrogen and oxygen atoms in total. The molecule has 0 aliphatic rings. The maximum atomic E-state index is 12.3. The first-order valence-electron chi connectivity index (χ1n) is 17.0. The Morgan fingerprint density at radius 1 is 0.538 bits per heavy atom. The third-order valence-corrected chi connectivity index (χ3v) is 7.80. The molecule has 0 aromatic rings. The van der Waals surface area contributed by atoms with Crippen LogP contribution in [0.2, 0.25) is 0 Å². The fourth-order valence-corrected chi connectivity index (χ4v) is 5.31. The molecule has 232 valence electrons. The molecule has 0 spiro atoms. The summed E-state index contributed by atoms with van der Waals surface area (Å²) in [5.41, 5.74) is 0. The lowest BCUT2D eigenvalue weighted by Crippen LogP contribution is -2.23. The van der Waals surface area contributed by atoms with Crippen LogP contribution in [0.3, 0.4) is 0 Å². The van der Waals surface area contributed by atoms with Gasteiger partial charge in [0.15, 0.2) is 0 Å². The van der Waals surface area contributed by atoms with Crippen molar-refractivity contribution in [3.05, 3.63) is 0 Å². The van der Waals surface area contributed by atoms with Gasteiger partial charge >= 0.3 is 11.9 Å². The Labute approximate surface area is 242 Å². The largest absolute Gasteiger partial charge is 0.481 e. The van der Waals surface area contributed by atoms with Crippen LogP contribution >= 0.6 is 0 Å². The highest BCUT2D eigenvalue weighted by molar-refractivity contribution is 5.69. The summed E-state index contributed by atoms with van der Waals surface area (Å²) in [6, 6.07) is 0. The van der Waals surface area contributed by atoms with E-state index in [0.717, 1.165) is 38.5 Å². The molecule has 0 aliphatic carbocycles. The third-order valence-electron chi connectivity index (χ3n) is 7.80. The molecular weight excluding hydrogens is 488 g/mol. The lowest BCUT2D eigenvalue weighted by atomic mass is 10.0. The Balaban J connectivity index is 3.52. The van der Waals surface area contributed by atoms with E-state index in [4.69, 9.17) is 14.6 Å². The van der Waals surface area contributed by atoms with Crippen LogP contribution in [-0.4, -0.2) is 36.9 Å². The van der Waals surface area contributed by atoms with Crippen LogP contribution in [-0.2, 0) is 19.1 Å². The van der Waals surface area contributed by atoms with Crippen molar-refractivity contribution < 1.29 is 24.2 Å². The molecule has 1 N–H and O–H groups in total. The lowest BCUT2D eigenvalue weighted by molar-refractivity contribution is -0.152. The quantitative estimate of drug-likeness (QED) is 0.0661. The van der Waals surface area contributed by atoms with Crippen LogP contribution in [0.15, 0.2) is 0 Å². The number of carboxylic acid groups (broad SMARTS) is 1. The van der Waals surface area contributed by atoms with Crippen molar-refractivity contribution in [1.29, 1.82) is 0 Å². The van der Waals surface area contributed by atoms with Gasteiger partial charge in [0.1, 0.15) is 6.10 Å². The number of carbonyl (C=O) groups is 2. The van der Waals surface area contributed by atoms with Gasteiger partial charge in [-0.3, -0.25) is 9.59 Å². The van der Waals surface area contributed by atoms with E-state index < -0.39 is 5.97 Å². The zero-order valence-electron chi connectivity index (χ0n) is 26.2. The Bertz CT molecular complexity index is 522. The Morgan fingerprint density at radius 3 is 1.28 bits per heavy atom. The number of methoxy groups -OCH3 is 1. The van der Waals surface area contributed by atoms with E-state index in [1.807, 2.05) is 0 Å². The van der Waals surface area contributed by atoms with Gasteiger partial charge in [-0.1, -0.05) is 148 Å². The van der Waals surface area contributed by atoms with Crippen molar-refractivity contribution in [1.82, 2.24) is 0 Å². The predicted octanol–water partition coefficient (Wildman–Crippen LogP) is 10.6. The minimum atomic E-state index is -0.676. The molecule has 0 radical (unpaired) electrons. The number of carbonyl (C=O) groups excluding carboxylic acids is 1. The summed E-state index contributed by atoms with van der Waals surface area (Å²) >= 11 is 0. The van der Waals surface area contributed by atoms with E-state index in [1.165, 1.54) is 128 Å². The smallest absolute Gasteiger partial charge is 0.306 e. The summed E-state index contributed by atoms with van der Waals surface area (Å²) in [7, 11) is 1.68. The second kappa shape index (κ2) is 31.4. The van der Waals surface area contributed by atoms with E-state index >= 15 is 0 Å². The first-order chi connectivity index (χ1) is 19.1. The Kier molecular flexibility index (Phi) is 30.5. The lowest BCUT2D eigenvalue weighted by Gasteiger charge is -2.17. The summed E-state index contributed by atoms with van der Waals surface area (Å²) in [4.78, 5) is 22.8. The Morgan fingerprint density at radius 2 is 0.897 bits per heavy atom. The fourth-order valence-electron chi connectivity index (χ4n) is 5.31.